The minimum absolute atomic E-state index is 0.200. The van der Waals surface area contributed by atoms with Crippen LogP contribution in [0, 0.1) is 5.92 Å². The van der Waals surface area contributed by atoms with Crippen LogP contribution in [-0.2, 0) is 19.4 Å². The molecule has 4 heterocycles. The molecule has 3 aromatic carbocycles. The van der Waals surface area contributed by atoms with Gasteiger partial charge in [-0.05, 0) is 85.7 Å². The predicted octanol–water partition coefficient (Wildman–Crippen LogP) is 4.03. The molecule has 4 amide bonds. The molecule has 0 radical (unpaired) electrons. The standard InChI is InChI=1S/C41H49N5O8S/c1-4-54-37-23-29(7-13-36(37)53-2)35(26-55(3,51)52)46-40(49)33-11-10-31(24-34(33)41(46)50)45-21-19-43(20-22-45)25-27-15-17-44(18-16-27)30-8-5-28(6-9-30)32-12-14-38(47)42-39(32)48/h5-11,13,23-24,27,32,35H,4,12,14-22,25-26H2,1-3H3,(H,42,47,48). The summed E-state index contributed by atoms with van der Waals surface area (Å²) in [5.74, 6) is -0.683. The molecule has 14 heteroatoms. The molecule has 0 bridgehead atoms. The first-order chi connectivity index (χ1) is 26.4. The fourth-order valence-electron chi connectivity index (χ4n) is 8.36. The van der Waals surface area contributed by atoms with Crippen molar-refractivity contribution >= 4 is 44.8 Å². The molecule has 2 unspecified atom stereocenters. The number of methoxy groups -OCH3 is 1. The Balaban J connectivity index is 0.944. The smallest absolute Gasteiger partial charge is 0.262 e. The van der Waals surface area contributed by atoms with Gasteiger partial charge in [0.25, 0.3) is 11.8 Å². The first kappa shape index (κ1) is 38.3. The van der Waals surface area contributed by atoms with Crippen LogP contribution in [0.5, 0.6) is 11.5 Å². The van der Waals surface area contributed by atoms with E-state index in [1.54, 1.807) is 30.3 Å². The van der Waals surface area contributed by atoms with Crippen molar-refractivity contribution in [1.82, 2.24) is 15.1 Å². The van der Waals surface area contributed by atoms with Crippen LogP contribution in [0.2, 0.25) is 0 Å². The quantitative estimate of drug-likeness (QED) is 0.267. The number of nitrogens with one attached hydrogen (secondary N) is 1. The third-order valence-electron chi connectivity index (χ3n) is 11.3. The van der Waals surface area contributed by atoms with Gasteiger partial charge in [0.05, 0.1) is 42.6 Å². The van der Waals surface area contributed by atoms with Gasteiger partial charge in [0, 0.05) is 69.9 Å². The average molecular weight is 772 g/mol. The summed E-state index contributed by atoms with van der Waals surface area (Å²) in [6, 6.07) is 17.5. The lowest BCUT2D eigenvalue weighted by Gasteiger charge is -2.40. The van der Waals surface area contributed by atoms with Crippen molar-refractivity contribution in [2.45, 2.75) is 44.6 Å². The van der Waals surface area contributed by atoms with Crippen LogP contribution in [0.1, 0.15) is 76.4 Å². The van der Waals surface area contributed by atoms with Gasteiger partial charge in [-0.15, -0.1) is 0 Å². The number of ether oxygens (including phenoxy) is 2. The van der Waals surface area contributed by atoms with Crippen LogP contribution < -0.4 is 24.6 Å². The fourth-order valence-corrected chi connectivity index (χ4v) is 9.27. The molecule has 0 aromatic heterocycles. The number of sulfone groups is 1. The van der Waals surface area contributed by atoms with Crippen LogP contribution in [0.3, 0.4) is 0 Å². The lowest BCUT2D eigenvalue weighted by molar-refractivity contribution is -0.134. The topological polar surface area (TPSA) is 146 Å². The van der Waals surface area contributed by atoms with Gasteiger partial charge in [-0.3, -0.25) is 34.3 Å². The summed E-state index contributed by atoms with van der Waals surface area (Å²) in [5, 5.41) is 2.45. The maximum Gasteiger partial charge on any atom is 0.262 e. The van der Waals surface area contributed by atoms with Gasteiger partial charge >= 0.3 is 0 Å². The van der Waals surface area contributed by atoms with Crippen molar-refractivity contribution in [3.63, 3.8) is 0 Å². The van der Waals surface area contributed by atoms with E-state index in [1.165, 1.54) is 7.11 Å². The lowest BCUT2D eigenvalue weighted by atomic mass is 9.90. The highest BCUT2D eigenvalue weighted by Crippen LogP contribution is 2.38. The summed E-state index contributed by atoms with van der Waals surface area (Å²) in [6.45, 7) is 8.48. The Morgan fingerprint density at radius 1 is 0.782 bits per heavy atom. The second kappa shape index (κ2) is 16.0. The summed E-state index contributed by atoms with van der Waals surface area (Å²) in [5.41, 5.74) is 3.97. The zero-order valence-electron chi connectivity index (χ0n) is 31.7. The summed E-state index contributed by atoms with van der Waals surface area (Å²) < 4.78 is 36.3. The van der Waals surface area contributed by atoms with Crippen molar-refractivity contribution in [3.8, 4) is 11.5 Å². The molecule has 3 fully saturated rings. The lowest BCUT2D eigenvalue weighted by Crippen LogP contribution is -2.49. The van der Waals surface area contributed by atoms with Gasteiger partial charge in [0.1, 0.15) is 9.84 Å². The highest BCUT2D eigenvalue weighted by atomic mass is 32.2. The maximum atomic E-state index is 14.0. The van der Waals surface area contributed by atoms with Crippen LogP contribution >= 0.6 is 0 Å². The predicted molar refractivity (Wildman–Crippen MR) is 209 cm³/mol. The molecule has 13 nitrogen and oxygen atoms in total. The molecule has 4 aliphatic heterocycles. The summed E-state index contributed by atoms with van der Waals surface area (Å²) >= 11 is 0. The molecule has 0 aliphatic carbocycles. The minimum Gasteiger partial charge on any atom is -0.493 e. The average Bonchev–Trinajstić information content (AvgIpc) is 3.42. The van der Waals surface area contributed by atoms with Crippen LogP contribution in [-0.4, -0.2) is 113 Å². The maximum absolute atomic E-state index is 14.0. The molecule has 0 spiro atoms. The number of rotatable bonds is 12. The normalized spacial score (nSPS) is 20.4. The van der Waals surface area contributed by atoms with Gasteiger partial charge in [-0.2, -0.15) is 0 Å². The second-order valence-corrected chi connectivity index (χ2v) is 17.2. The summed E-state index contributed by atoms with van der Waals surface area (Å²) in [7, 11) is -2.09. The summed E-state index contributed by atoms with van der Waals surface area (Å²) in [4.78, 5) is 59.8. The number of imide groups is 2. The van der Waals surface area contributed by atoms with Gasteiger partial charge in [-0.25, -0.2) is 8.42 Å². The van der Waals surface area contributed by atoms with E-state index in [1.807, 2.05) is 25.1 Å². The van der Waals surface area contributed by atoms with Gasteiger partial charge in [0.2, 0.25) is 11.8 Å². The van der Waals surface area contributed by atoms with E-state index in [0.29, 0.717) is 42.4 Å². The second-order valence-electron chi connectivity index (χ2n) is 15.0. The number of piperidine rings is 2. The van der Waals surface area contributed by atoms with Crippen LogP contribution in [0.25, 0.3) is 0 Å². The number of hydrogen-bond acceptors (Lipinski definition) is 11. The molecule has 55 heavy (non-hydrogen) atoms. The van der Waals surface area contributed by atoms with E-state index in [2.05, 4.69) is 32.1 Å². The molecular weight excluding hydrogens is 723 g/mol. The number of fused-ring (bicyclic) bond motifs is 1. The number of amides is 4. The molecule has 1 N–H and O–H groups in total. The number of nitrogens with zero attached hydrogens (tertiary/aromatic N) is 4. The zero-order valence-corrected chi connectivity index (χ0v) is 32.5. The molecular formula is C41H49N5O8S. The number of carbonyl (C=O) groups is 4. The molecule has 3 saturated heterocycles. The van der Waals surface area contributed by atoms with Crippen LogP contribution in [0.4, 0.5) is 11.4 Å². The highest BCUT2D eigenvalue weighted by molar-refractivity contribution is 7.90. The van der Waals surface area contributed by atoms with Gasteiger partial charge < -0.3 is 19.3 Å². The number of benzene rings is 3. The highest BCUT2D eigenvalue weighted by Gasteiger charge is 2.42. The molecule has 3 aromatic rings. The SMILES string of the molecule is CCOc1cc(C(CS(C)(=O)=O)N2C(=O)c3ccc(N4CCN(CC5CCN(c6ccc(C7CCC(=O)NC7=O)cc6)CC5)CC4)cc3C2=O)ccc1OC. The number of piperazine rings is 1. The Bertz CT molecular complexity index is 2060. The van der Waals surface area contributed by atoms with E-state index in [-0.39, 0.29) is 28.9 Å². The monoisotopic (exact) mass is 771 g/mol. The first-order valence-electron chi connectivity index (χ1n) is 19.1. The van der Waals surface area contributed by atoms with E-state index in [0.717, 1.165) is 86.7 Å². The third-order valence-corrected chi connectivity index (χ3v) is 12.2. The zero-order chi connectivity index (χ0) is 38.9. The number of hydrogen-bond donors (Lipinski definition) is 1. The van der Waals surface area contributed by atoms with Crippen molar-refractivity contribution in [2.24, 2.45) is 5.92 Å². The minimum atomic E-state index is -3.60. The summed E-state index contributed by atoms with van der Waals surface area (Å²) in [6.07, 6.45) is 4.21. The van der Waals surface area contributed by atoms with E-state index < -0.39 is 33.4 Å². The van der Waals surface area contributed by atoms with Crippen LogP contribution in [0.15, 0.2) is 60.7 Å². The first-order valence-corrected chi connectivity index (χ1v) is 21.1. The van der Waals surface area contributed by atoms with E-state index in [9.17, 15) is 27.6 Å². The van der Waals surface area contributed by atoms with Gasteiger partial charge in [-0.1, -0.05) is 18.2 Å². The molecule has 0 saturated carbocycles. The Hall–Kier alpha value is -4.95. The molecule has 2 atom stereocenters. The molecule has 4 aliphatic rings. The number of carbonyl (C=O) groups excluding carboxylic acids is 4. The molecule has 7 rings (SSSR count). The Morgan fingerprint density at radius 2 is 1.45 bits per heavy atom. The van der Waals surface area contributed by atoms with Crippen molar-refractivity contribution in [2.75, 3.05) is 81.3 Å². The fraction of sp³-hybridized carbons (Fsp3) is 0.463. The largest absolute Gasteiger partial charge is 0.493 e. The third kappa shape index (κ3) is 8.35. The van der Waals surface area contributed by atoms with Gasteiger partial charge in [0.15, 0.2) is 11.5 Å². The Morgan fingerprint density at radius 3 is 2.11 bits per heavy atom. The Kier molecular flexibility index (Phi) is 11.2. The number of anilines is 2. The van der Waals surface area contributed by atoms with Crippen molar-refractivity contribution in [3.05, 3.63) is 82.9 Å². The van der Waals surface area contributed by atoms with E-state index in [4.69, 9.17) is 9.47 Å². The molecule has 292 valence electrons. The Labute approximate surface area is 322 Å². The van der Waals surface area contributed by atoms with Crippen molar-refractivity contribution in [1.29, 1.82) is 0 Å². The van der Waals surface area contributed by atoms with E-state index >= 15 is 0 Å². The van der Waals surface area contributed by atoms with Crippen molar-refractivity contribution < 1.29 is 37.1 Å².